The third kappa shape index (κ3) is 4.09. The molecule has 0 radical (unpaired) electrons. The van der Waals surface area contributed by atoms with Gasteiger partial charge in [0, 0.05) is 24.2 Å². The van der Waals surface area contributed by atoms with E-state index in [0.717, 1.165) is 35.6 Å². The lowest BCUT2D eigenvalue weighted by molar-refractivity contribution is 0.117. The van der Waals surface area contributed by atoms with Crippen LogP contribution < -0.4 is 14.9 Å². The second-order valence-corrected chi connectivity index (χ2v) is 10.2. The zero-order chi connectivity index (χ0) is 24.0. The van der Waals surface area contributed by atoms with Crippen LogP contribution in [0.2, 0.25) is 0 Å². The van der Waals surface area contributed by atoms with Crippen LogP contribution in [0, 0.1) is 5.82 Å². The normalized spacial score (nSPS) is 18.6. The molecule has 1 fully saturated rings. The largest absolute Gasteiger partial charge is 0.376 e. The van der Waals surface area contributed by atoms with Crippen LogP contribution >= 0.6 is 0 Å². The predicted molar refractivity (Wildman–Crippen MR) is 128 cm³/mol. The average molecular weight is 496 g/mol. The van der Waals surface area contributed by atoms with Crippen LogP contribution in [0.15, 0.2) is 53.7 Å². The lowest BCUT2D eigenvalue weighted by Crippen LogP contribution is -2.30. The second-order valence-electron chi connectivity index (χ2n) is 8.49. The van der Waals surface area contributed by atoms with Crippen LogP contribution in [0.3, 0.4) is 0 Å². The number of hydrogen-bond donors (Lipinski definition) is 3. The van der Waals surface area contributed by atoms with Gasteiger partial charge in [-0.15, -0.1) is 0 Å². The number of halogens is 1. The molecule has 4 heterocycles. The Labute approximate surface area is 200 Å². The third-order valence-electron chi connectivity index (χ3n) is 6.21. The Morgan fingerprint density at radius 3 is 3.00 bits per heavy atom. The number of aromatic nitrogens is 4. The fourth-order valence-corrected chi connectivity index (χ4v) is 5.76. The van der Waals surface area contributed by atoms with E-state index in [1.54, 1.807) is 23.2 Å². The lowest BCUT2D eigenvalue weighted by atomic mass is 10.1. The standard InChI is InChI=1S/C23H22FN7O3S/c24-18-12-25-23(28-15-7-6-14-10-27-35(32,33)21(14)9-15)29-22(18)31(13-16-3-2-8-34-16)20-5-1-4-19-17(20)11-26-30-19/h1,4-7,9,11-12,16,27H,2-3,8,10,13H2,(H,26,30)(H,25,28,29). The Morgan fingerprint density at radius 1 is 1.23 bits per heavy atom. The molecule has 2 aliphatic rings. The Kier molecular flexibility index (Phi) is 5.35. The van der Waals surface area contributed by atoms with Crippen molar-refractivity contribution >= 4 is 44.1 Å². The Morgan fingerprint density at radius 2 is 2.14 bits per heavy atom. The molecular formula is C23H22FN7O3S. The molecule has 2 aromatic heterocycles. The molecule has 0 saturated carbocycles. The highest BCUT2D eigenvalue weighted by atomic mass is 32.2. The summed E-state index contributed by atoms with van der Waals surface area (Å²) in [4.78, 5) is 10.6. The Hall–Kier alpha value is -3.61. The zero-order valence-corrected chi connectivity index (χ0v) is 19.3. The van der Waals surface area contributed by atoms with Crippen LogP contribution in [0.4, 0.5) is 27.5 Å². The highest BCUT2D eigenvalue weighted by molar-refractivity contribution is 7.89. The lowest BCUT2D eigenvalue weighted by Gasteiger charge is -2.27. The highest BCUT2D eigenvalue weighted by Gasteiger charge is 2.27. The fraction of sp³-hybridized carbons (Fsp3) is 0.261. The number of hydrogen-bond acceptors (Lipinski definition) is 8. The number of benzene rings is 2. The van der Waals surface area contributed by atoms with E-state index >= 15 is 4.39 Å². The van der Waals surface area contributed by atoms with E-state index in [1.807, 2.05) is 18.2 Å². The summed E-state index contributed by atoms with van der Waals surface area (Å²) in [5, 5.41) is 10.9. The van der Waals surface area contributed by atoms with Gasteiger partial charge in [0.15, 0.2) is 11.6 Å². The first-order valence-corrected chi connectivity index (χ1v) is 12.7. The average Bonchev–Trinajstić information content (AvgIpc) is 3.60. The summed E-state index contributed by atoms with van der Waals surface area (Å²) in [5.41, 5.74) is 2.73. The van der Waals surface area contributed by atoms with E-state index in [2.05, 4.69) is 30.2 Å². The number of H-pyrrole nitrogens is 1. The van der Waals surface area contributed by atoms with Gasteiger partial charge in [0.2, 0.25) is 16.0 Å². The number of fused-ring (bicyclic) bond motifs is 2. The van der Waals surface area contributed by atoms with Crippen molar-refractivity contribution < 1.29 is 17.5 Å². The van der Waals surface area contributed by atoms with Gasteiger partial charge in [-0.2, -0.15) is 10.1 Å². The zero-order valence-electron chi connectivity index (χ0n) is 18.5. The van der Waals surface area contributed by atoms with Crippen LogP contribution in [0.1, 0.15) is 18.4 Å². The van der Waals surface area contributed by atoms with Crippen molar-refractivity contribution in [2.75, 3.05) is 23.4 Å². The van der Waals surface area contributed by atoms with Crippen molar-refractivity contribution in [1.29, 1.82) is 0 Å². The summed E-state index contributed by atoms with van der Waals surface area (Å²) in [6.07, 6.45) is 4.55. The number of ether oxygens (including phenoxy) is 1. The van der Waals surface area contributed by atoms with Gasteiger partial charge in [-0.05, 0) is 42.7 Å². The summed E-state index contributed by atoms with van der Waals surface area (Å²) in [6, 6.07) is 10.6. The number of anilines is 4. The number of nitrogens with one attached hydrogen (secondary N) is 3. The first-order valence-electron chi connectivity index (χ1n) is 11.2. The maximum absolute atomic E-state index is 15.2. The molecule has 0 aliphatic carbocycles. The van der Waals surface area contributed by atoms with Gasteiger partial charge >= 0.3 is 0 Å². The molecule has 1 atom stereocenters. The number of nitrogens with zero attached hydrogens (tertiary/aromatic N) is 4. The first-order chi connectivity index (χ1) is 17.0. The maximum atomic E-state index is 15.2. The fourth-order valence-electron chi connectivity index (χ4n) is 4.49. The molecule has 1 saturated heterocycles. The summed E-state index contributed by atoms with van der Waals surface area (Å²) in [5.74, 6) is -0.363. The maximum Gasteiger partial charge on any atom is 0.241 e. The molecule has 1 unspecified atom stereocenters. The van der Waals surface area contributed by atoms with Crippen LogP contribution in [-0.2, 0) is 21.3 Å². The van der Waals surface area contributed by atoms with Crippen LogP contribution in [0.25, 0.3) is 10.9 Å². The van der Waals surface area contributed by atoms with E-state index in [4.69, 9.17) is 4.74 Å². The third-order valence-corrected chi connectivity index (χ3v) is 7.69. The molecule has 4 aromatic rings. The molecule has 0 amide bonds. The van der Waals surface area contributed by atoms with Crippen molar-refractivity contribution in [3.8, 4) is 0 Å². The van der Waals surface area contributed by atoms with Crippen molar-refractivity contribution in [3.63, 3.8) is 0 Å². The quantitative estimate of drug-likeness (QED) is 0.372. The Balaban J connectivity index is 1.39. The SMILES string of the molecule is O=S1(=O)NCc2ccc(Nc3ncc(F)c(N(CC4CCCO4)c4cccc5[nH]ncc45)n3)cc21. The monoisotopic (exact) mass is 495 g/mol. The van der Waals surface area contributed by atoms with Gasteiger partial charge in [0.25, 0.3) is 0 Å². The summed E-state index contributed by atoms with van der Waals surface area (Å²) < 4.78 is 47.9. The summed E-state index contributed by atoms with van der Waals surface area (Å²) >= 11 is 0. The number of aromatic amines is 1. The molecular weight excluding hydrogens is 473 g/mol. The van der Waals surface area contributed by atoms with Gasteiger partial charge < -0.3 is 15.0 Å². The van der Waals surface area contributed by atoms with Gasteiger partial charge in [-0.25, -0.2) is 22.5 Å². The second kappa shape index (κ2) is 8.56. The molecule has 2 aliphatic heterocycles. The van der Waals surface area contributed by atoms with Crippen LogP contribution in [0.5, 0.6) is 0 Å². The van der Waals surface area contributed by atoms with Crippen molar-refractivity contribution in [3.05, 3.63) is 60.2 Å². The molecule has 3 N–H and O–H groups in total. The minimum absolute atomic E-state index is 0.0719. The highest BCUT2D eigenvalue weighted by Crippen LogP contribution is 2.34. The van der Waals surface area contributed by atoms with E-state index < -0.39 is 15.8 Å². The van der Waals surface area contributed by atoms with Gasteiger partial charge in [0.05, 0.1) is 41.1 Å². The smallest absolute Gasteiger partial charge is 0.241 e. The van der Waals surface area contributed by atoms with E-state index in [0.29, 0.717) is 24.4 Å². The molecule has 0 bridgehead atoms. The van der Waals surface area contributed by atoms with Gasteiger partial charge in [-0.1, -0.05) is 12.1 Å². The van der Waals surface area contributed by atoms with Gasteiger partial charge in [-0.3, -0.25) is 5.10 Å². The number of rotatable bonds is 6. The summed E-state index contributed by atoms with van der Waals surface area (Å²) in [6.45, 7) is 1.33. The topological polar surface area (TPSA) is 125 Å². The van der Waals surface area contributed by atoms with Gasteiger partial charge in [0.1, 0.15) is 0 Å². The number of sulfonamides is 1. The van der Waals surface area contributed by atoms with E-state index in [9.17, 15) is 8.42 Å². The molecule has 180 valence electrons. The molecule has 35 heavy (non-hydrogen) atoms. The van der Waals surface area contributed by atoms with Crippen molar-refractivity contribution in [2.24, 2.45) is 0 Å². The molecule has 0 spiro atoms. The molecule has 12 heteroatoms. The minimum Gasteiger partial charge on any atom is -0.376 e. The molecule has 10 nitrogen and oxygen atoms in total. The predicted octanol–water partition coefficient (Wildman–Crippen LogP) is 3.34. The first kappa shape index (κ1) is 21.9. The molecule has 2 aromatic carbocycles. The van der Waals surface area contributed by atoms with Crippen molar-refractivity contribution in [1.82, 2.24) is 24.9 Å². The Bertz CT molecular complexity index is 1520. The summed E-state index contributed by atoms with van der Waals surface area (Å²) in [7, 11) is -3.54. The molecule has 6 rings (SSSR count). The van der Waals surface area contributed by atoms with Crippen LogP contribution in [-0.4, -0.2) is 47.8 Å². The van der Waals surface area contributed by atoms with E-state index in [-0.39, 0.29) is 29.3 Å². The minimum atomic E-state index is -3.54. The van der Waals surface area contributed by atoms with E-state index in [1.165, 1.54) is 6.07 Å². The van der Waals surface area contributed by atoms with Crippen molar-refractivity contribution in [2.45, 2.75) is 30.4 Å².